The maximum atomic E-state index is 13.1. The molecule has 4 rings (SSSR count). The number of alkyl halides is 3. The number of carbonyl (C=O) groups is 1. The third-order valence-corrected chi connectivity index (χ3v) is 6.10. The van der Waals surface area contributed by atoms with Crippen molar-refractivity contribution in [2.45, 2.75) is 18.6 Å². The van der Waals surface area contributed by atoms with Crippen molar-refractivity contribution >= 4 is 17.1 Å². The zero-order valence-corrected chi connectivity index (χ0v) is 16.5. The van der Waals surface area contributed by atoms with Gasteiger partial charge in [0.15, 0.2) is 5.78 Å². The van der Waals surface area contributed by atoms with E-state index in [0.29, 0.717) is 12.1 Å². The summed E-state index contributed by atoms with van der Waals surface area (Å²) in [5, 5.41) is 1.97. The summed E-state index contributed by atoms with van der Waals surface area (Å²) >= 11 is 1.62. The maximum absolute atomic E-state index is 13.1. The lowest BCUT2D eigenvalue weighted by molar-refractivity contribution is -0.137. The van der Waals surface area contributed by atoms with Crippen molar-refractivity contribution in [1.82, 2.24) is 4.90 Å². The van der Waals surface area contributed by atoms with Gasteiger partial charge in [0.2, 0.25) is 0 Å². The van der Waals surface area contributed by atoms with Gasteiger partial charge < -0.3 is 4.90 Å². The van der Waals surface area contributed by atoms with Gasteiger partial charge in [-0.15, -0.1) is 11.3 Å². The number of carbonyl (C=O) groups excluding carboxylic acids is 1. The first-order valence-electron chi connectivity index (χ1n) is 9.30. The van der Waals surface area contributed by atoms with Crippen LogP contribution in [0.3, 0.4) is 0 Å². The van der Waals surface area contributed by atoms with E-state index >= 15 is 0 Å². The average Bonchev–Trinajstić information content (AvgIpc) is 3.20. The third kappa shape index (κ3) is 4.16. The molecule has 0 N–H and O–H groups in total. The molecule has 7 heteroatoms. The van der Waals surface area contributed by atoms with Crippen LogP contribution in [-0.2, 0) is 12.6 Å². The zero-order valence-electron chi connectivity index (χ0n) is 15.7. The van der Waals surface area contributed by atoms with Crippen molar-refractivity contribution < 1.29 is 22.4 Å². The summed E-state index contributed by atoms with van der Waals surface area (Å²) in [5.41, 5.74) is 1.43. The quantitative estimate of drug-likeness (QED) is 0.276. The van der Waals surface area contributed by atoms with Crippen LogP contribution in [0.4, 0.5) is 17.6 Å². The third-order valence-electron chi connectivity index (χ3n) is 5.10. The Labute approximate surface area is 175 Å². The first-order chi connectivity index (χ1) is 14.3. The summed E-state index contributed by atoms with van der Waals surface area (Å²) in [7, 11) is 0. The molecule has 2 heterocycles. The van der Waals surface area contributed by atoms with Gasteiger partial charge in [-0.2, -0.15) is 13.2 Å². The van der Waals surface area contributed by atoms with Gasteiger partial charge in [-0.3, -0.25) is 4.79 Å². The van der Waals surface area contributed by atoms with Crippen LogP contribution in [0.5, 0.6) is 0 Å². The summed E-state index contributed by atoms with van der Waals surface area (Å²) in [6.07, 6.45) is -0.505. The van der Waals surface area contributed by atoms with Gasteiger partial charge in [0.25, 0.3) is 0 Å². The van der Waals surface area contributed by atoms with E-state index in [1.54, 1.807) is 17.5 Å². The minimum absolute atomic E-state index is 0.266. The Kier molecular flexibility index (Phi) is 5.47. The number of thiophene rings is 1. The Bertz CT molecular complexity index is 1070. The normalized spacial score (nSPS) is 16.7. The molecule has 0 bridgehead atoms. The number of hydrogen-bond donors (Lipinski definition) is 0. The molecule has 0 amide bonds. The van der Waals surface area contributed by atoms with Gasteiger partial charge in [0.05, 0.1) is 11.6 Å². The van der Waals surface area contributed by atoms with E-state index < -0.39 is 17.6 Å². The van der Waals surface area contributed by atoms with Crippen molar-refractivity contribution in [3.8, 4) is 0 Å². The van der Waals surface area contributed by atoms with E-state index in [0.717, 1.165) is 29.7 Å². The lowest BCUT2D eigenvalue weighted by Crippen LogP contribution is -2.31. The highest BCUT2D eigenvalue weighted by atomic mass is 32.1. The lowest BCUT2D eigenvalue weighted by Gasteiger charge is -2.35. The molecule has 2 aromatic carbocycles. The SMILES string of the molecule is O=C(C=CN1CCc2sccc2C1c1ccc(C(F)(F)F)cc1)c1ccc(F)cc1. The van der Waals surface area contributed by atoms with Crippen molar-refractivity contribution in [1.29, 1.82) is 0 Å². The largest absolute Gasteiger partial charge is 0.416 e. The molecular formula is C23H17F4NOS. The minimum atomic E-state index is -4.39. The molecule has 0 aliphatic carbocycles. The van der Waals surface area contributed by atoms with Crippen LogP contribution in [0.1, 0.15) is 38.0 Å². The summed E-state index contributed by atoms with van der Waals surface area (Å²) in [4.78, 5) is 15.6. The summed E-state index contributed by atoms with van der Waals surface area (Å²) < 4.78 is 51.9. The zero-order chi connectivity index (χ0) is 21.3. The fourth-order valence-corrected chi connectivity index (χ4v) is 4.50. The number of nitrogens with zero attached hydrogens (tertiary/aromatic N) is 1. The maximum Gasteiger partial charge on any atom is 0.416 e. The number of benzene rings is 2. The highest BCUT2D eigenvalue weighted by molar-refractivity contribution is 7.10. The van der Waals surface area contributed by atoms with Crippen LogP contribution < -0.4 is 0 Å². The number of halogens is 4. The smallest absolute Gasteiger partial charge is 0.366 e. The molecule has 1 aromatic heterocycles. The molecule has 0 radical (unpaired) electrons. The number of hydrogen-bond acceptors (Lipinski definition) is 3. The average molecular weight is 431 g/mol. The number of fused-ring (bicyclic) bond motifs is 1. The molecule has 0 saturated heterocycles. The molecule has 30 heavy (non-hydrogen) atoms. The van der Waals surface area contributed by atoms with E-state index in [4.69, 9.17) is 0 Å². The van der Waals surface area contributed by atoms with E-state index in [9.17, 15) is 22.4 Å². The standard InChI is InChI=1S/C23H17F4NOS/c24-18-7-3-15(4-8-18)20(29)9-12-28-13-10-21-19(11-14-30-21)22(28)16-1-5-17(6-2-16)23(25,26)27/h1-9,11-12,14,22H,10,13H2. The summed E-state index contributed by atoms with van der Waals surface area (Å²) in [5.74, 6) is -0.684. The van der Waals surface area contributed by atoms with Gasteiger partial charge in [0.1, 0.15) is 5.82 Å². The summed E-state index contributed by atoms with van der Waals surface area (Å²) in [6, 6.07) is 12.1. The summed E-state index contributed by atoms with van der Waals surface area (Å²) in [6.45, 7) is 0.631. The van der Waals surface area contributed by atoms with E-state index in [2.05, 4.69) is 0 Å². The lowest BCUT2D eigenvalue weighted by atomic mass is 9.93. The molecule has 154 valence electrons. The predicted octanol–water partition coefficient (Wildman–Crippen LogP) is 6.25. The van der Waals surface area contributed by atoms with Gasteiger partial charge >= 0.3 is 6.18 Å². The molecule has 3 aromatic rings. The molecule has 0 spiro atoms. The minimum Gasteiger partial charge on any atom is -0.366 e. The van der Waals surface area contributed by atoms with Crippen molar-refractivity contribution in [3.05, 3.63) is 105 Å². The highest BCUT2D eigenvalue weighted by Gasteiger charge is 2.32. The molecular weight excluding hydrogens is 414 g/mol. The second kappa shape index (κ2) is 8.07. The molecule has 1 atom stereocenters. The van der Waals surface area contributed by atoms with Crippen LogP contribution in [0, 0.1) is 5.82 Å². The Morgan fingerprint density at radius 3 is 2.40 bits per heavy atom. The Morgan fingerprint density at radius 2 is 1.73 bits per heavy atom. The highest BCUT2D eigenvalue weighted by Crippen LogP contribution is 2.39. The number of rotatable bonds is 4. The van der Waals surface area contributed by atoms with E-state index in [-0.39, 0.29) is 11.8 Å². The number of allylic oxidation sites excluding steroid dienone is 1. The molecule has 1 unspecified atom stereocenters. The van der Waals surface area contributed by atoms with Crippen LogP contribution >= 0.6 is 11.3 Å². The van der Waals surface area contributed by atoms with E-state index in [1.165, 1.54) is 47.4 Å². The fraction of sp³-hybridized carbons (Fsp3) is 0.174. The first kappa shape index (κ1) is 20.3. The van der Waals surface area contributed by atoms with Crippen molar-refractivity contribution in [3.63, 3.8) is 0 Å². The van der Waals surface area contributed by atoms with E-state index in [1.807, 2.05) is 16.3 Å². The molecule has 2 nitrogen and oxygen atoms in total. The molecule has 0 saturated carbocycles. The first-order valence-corrected chi connectivity index (χ1v) is 10.2. The Hall–Kier alpha value is -2.93. The van der Waals surface area contributed by atoms with Crippen LogP contribution in [0.15, 0.2) is 72.3 Å². The Morgan fingerprint density at radius 1 is 1.03 bits per heavy atom. The Balaban J connectivity index is 1.63. The van der Waals surface area contributed by atoms with Crippen molar-refractivity contribution in [2.24, 2.45) is 0 Å². The number of ketones is 1. The van der Waals surface area contributed by atoms with Crippen molar-refractivity contribution in [2.75, 3.05) is 6.54 Å². The van der Waals surface area contributed by atoms with Crippen LogP contribution in [0.25, 0.3) is 0 Å². The second-order valence-corrected chi connectivity index (χ2v) is 8.00. The molecule has 1 aliphatic heterocycles. The topological polar surface area (TPSA) is 20.3 Å². The van der Waals surface area contributed by atoms with Crippen LogP contribution in [0.2, 0.25) is 0 Å². The second-order valence-electron chi connectivity index (χ2n) is 7.00. The monoisotopic (exact) mass is 431 g/mol. The van der Waals surface area contributed by atoms with Gasteiger partial charge in [-0.05, 0) is 65.4 Å². The van der Waals surface area contributed by atoms with Gasteiger partial charge in [0, 0.05) is 29.3 Å². The fourth-order valence-electron chi connectivity index (χ4n) is 3.60. The van der Waals surface area contributed by atoms with Crippen LogP contribution in [-0.4, -0.2) is 17.2 Å². The molecule has 0 fully saturated rings. The predicted molar refractivity (Wildman–Crippen MR) is 108 cm³/mol. The van der Waals surface area contributed by atoms with Gasteiger partial charge in [-0.25, -0.2) is 4.39 Å². The molecule has 1 aliphatic rings. The van der Waals surface area contributed by atoms with Gasteiger partial charge in [-0.1, -0.05) is 12.1 Å².